The Kier molecular flexibility index (Phi) is 4.38. The average Bonchev–Trinajstić information content (AvgIpc) is 2.40. The van der Waals surface area contributed by atoms with Crippen molar-refractivity contribution in [1.29, 1.82) is 0 Å². The summed E-state index contributed by atoms with van der Waals surface area (Å²) in [6.07, 6.45) is 7.72. The summed E-state index contributed by atoms with van der Waals surface area (Å²) in [6, 6.07) is 11.4. The normalized spacial score (nSPS) is 23.2. The highest BCUT2D eigenvalue weighted by molar-refractivity contribution is 5.54. The van der Waals surface area contributed by atoms with Crippen LogP contribution >= 0.6 is 0 Å². The molecular formula is C16H23N. The molecule has 1 aliphatic carbocycles. The molecule has 0 spiro atoms. The van der Waals surface area contributed by atoms with Crippen molar-refractivity contribution >= 4 is 6.08 Å². The number of rotatable bonds is 3. The summed E-state index contributed by atoms with van der Waals surface area (Å²) in [5, 5.41) is 0. The predicted octanol–water partition coefficient (Wildman–Crippen LogP) is 3.96. The van der Waals surface area contributed by atoms with E-state index in [9.17, 15) is 0 Å². The molecule has 1 heteroatoms. The Bertz CT molecular complexity index is 366. The topological polar surface area (TPSA) is 3.24 Å². The Balaban J connectivity index is 2.19. The Labute approximate surface area is 105 Å². The molecule has 0 amide bonds. The minimum atomic E-state index is 0.661. The molecule has 0 bridgehead atoms. The van der Waals surface area contributed by atoms with Gasteiger partial charge < -0.3 is 0 Å². The fourth-order valence-corrected chi connectivity index (χ4v) is 2.67. The second-order valence-electron chi connectivity index (χ2n) is 4.96. The Hall–Kier alpha value is -1.08. The van der Waals surface area contributed by atoms with E-state index >= 15 is 0 Å². The van der Waals surface area contributed by atoms with Gasteiger partial charge in [0, 0.05) is 6.04 Å². The molecular weight excluding hydrogens is 206 g/mol. The van der Waals surface area contributed by atoms with Crippen LogP contribution in [0.5, 0.6) is 0 Å². The lowest BCUT2D eigenvalue weighted by molar-refractivity contribution is 0.250. The van der Waals surface area contributed by atoms with E-state index in [1.54, 1.807) is 5.57 Å². The predicted molar refractivity (Wildman–Crippen MR) is 75.0 cm³/mol. The highest BCUT2D eigenvalue weighted by Gasteiger charge is 2.21. The molecule has 0 radical (unpaired) electrons. The highest BCUT2D eigenvalue weighted by atomic mass is 15.1. The maximum Gasteiger partial charge on any atom is 0.0307 e. The van der Waals surface area contributed by atoms with E-state index < -0.39 is 0 Å². The monoisotopic (exact) mass is 229 g/mol. The molecule has 1 aromatic carbocycles. The number of nitrogens with zero attached hydrogens (tertiary/aromatic N) is 1. The number of likely N-dealkylation sites (N-methyl/N-ethyl adjacent to an activating group) is 1. The fraction of sp³-hybridized carbons (Fsp3) is 0.500. The fourth-order valence-electron chi connectivity index (χ4n) is 2.67. The van der Waals surface area contributed by atoms with Crippen LogP contribution in [-0.2, 0) is 0 Å². The first-order valence-electron chi connectivity index (χ1n) is 6.77. The standard InChI is InChI=1S/C16H23N/c1-3-17(2)16-12-8-7-11-15(16)13-14-9-5-4-6-10-14/h4-6,9-10,13,16H,3,7-8,11-12H2,1-2H3. The van der Waals surface area contributed by atoms with E-state index in [4.69, 9.17) is 0 Å². The summed E-state index contributed by atoms with van der Waals surface area (Å²) < 4.78 is 0. The smallest absolute Gasteiger partial charge is 0.0307 e. The Morgan fingerprint density at radius 2 is 2.00 bits per heavy atom. The third-order valence-electron chi connectivity index (χ3n) is 3.80. The molecule has 1 saturated carbocycles. The minimum absolute atomic E-state index is 0.661. The van der Waals surface area contributed by atoms with E-state index in [0.717, 1.165) is 6.54 Å². The zero-order valence-corrected chi connectivity index (χ0v) is 11.0. The second-order valence-corrected chi connectivity index (χ2v) is 4.96. The van der Waals surface area contributed by atoms with E-state index in [2.05, 4.69) is 55.3 Å². The lowest BCUT2D eigenvalue weighted by atomic mass is 9.88. The van der Waals surface area contributed by atoms with Crippen LogP contribution in [0.4, 0.5) is 0 Å². The van der Waals surface area contributed by atoms with Crippen LogP contribution in [0.1, 0.15) is 38.2 Å². The van der Waals surface area contributed by atoms with Crippen LogP contribution in [0.25, 0.3) is 6.08 Å². The van der Waals surface area contributed by atoms with Crippen molar-refractivity contribution in [1.82, 2.24) is 4.90 Å². The van der Waals surface area contributed by atoms with Gasteiger partial charge in [0.25, 0.3) is 0 Å². The first kappa shape index (κ1) is 12.4. The summed E-state index contributed by atoms with van der Waals surface area (Å²) in [4.78, 5) is 2.48. The maximum atomic E-state index is 2.48. The van der Waals surface area contributed by atoms with Gasteiger partial charge in [-0.05, 0) is 38.4 Å². The molecule has 0 saturated heterocycles. The van der Waals surface area contributed by atoms with Crippen LogP contribution in [0.3, 0.4) is 0 Å². The number of hydrogen-bond donors (Lipinski definition) is 0. The molecule has 2 rings (SSSR count). The molecule has 17 heavy (non-hydrogen) atoms. The van der Waals surface area contributed by atoms with Gasteiger partial charge in [0.2, 0.25) is 0 Å². The lowest BCUT2D eigenvalue weighted by Crippen LogP contribution is -2.34. The third kappa shape index (κ3) is 3.19. The molecule has 0 aromatic heterocycles. The van der Waals surface area contributed by atoms with Crippen molar-refractivity contribution in [3.05, 3.63) is 41.5 Å². The van der Waals surface area contributed by atoms with Gasteiger partial charge in [-0.25, -0.2) is 0 Å². The summed E-state index contributed by atoms with van der Waals surface area (Å²) in [5.74, 6) is 0. The summed E-state index contributed by atoms with van der Waals surface area (Å²) >= 11 is 0. The van der Waals surface area contributed by atoms with Gasteiger partial charge in [0.1, 0.15) is 0 Å². The van der Waals surface area contributed by atoms with Crippen LogP contribution in [-0.4, -0.2) is 24.5 Å². The largest absolute Gasteiger partial charge is 0.300 e. The van der Waals surface area contributed by atoms with Gasteiger partial charge in [0.05, 0.1) is 0 Å². The van der Waals surface area contributed by atoms with Crippen LogP contribution in [0.2, 0.25) is 0 Å². The van der Waals surface area contributed by atoms with E-state index in [0.29, 0.717) is 6.04 Å². The molecule has 1 nitrogen and oxygen atoms in total. The Morgan fingerprint density at radius 1 is 1.24 bits per heavy atom. The van der Waals surface area contributed by atoms with Crippen molar-refractivity contribution in [3.8, 4) is 0 Å². The van der Waals surface area contributed by atoms with Gasteiger partial charge >= 0.3 is 0 Å². The van der Waals surface area contributed by atoms with E-state index in [1.807, 2.05) is 0 Å². The molecule has 1 fully saturated rings. The van der Waals surface area contributed by atoms with Crippen LogP contribution in [0, 0.1) is 0 Å². The Morgan fingerprint density at radius 3 is 2.71 bits per heavy atom. The van der Waals surface area contributed by atoms with Crippen molar-refractivity contribution in [3.63, 3.8) is 0 Å². The molecule has 92 valence electrons. The van der Waals surface area contributed by atoms with Crippen molar-refractivity contribution < 1.29 is 0 Å². The van der Waals surface area contributed by atoms with Crippen molar-refractivity contribution in [2.45, 2.75) is 38.6 Å². The average molecular weight is 229 g/mol. The summed E-state index contributed by atoms with van der Waals surface area (Å²) in [7, 11) is 2.24. The molecule has 1 unspecified atom stereocenters. The van der Waals surface area contributed by atoms with Gasteiger partial charge in [-0.15, -0.1) is 0 Å². The van der Waals surface area contributed by atoms with Gasteiger partial charge in [-0.3, -0.25) is 4.90 Å². The number of hydrogen-bond acceptors (Lipinski definition) is 1. The molecule has 1 atom stereocenters. The van der Waals surface area contributed by atoms with Gasteiger partial charge in [-0.1, -0.05) is 55.3 Å². The lowest BCUT2D eigenvalue weighted by Gasteiger charge is -2.33. The van der Waals surface area contributed by atoms with Gasteiger partial charge in [0.15, 0.2) is 0 Å². The first-order chi connectivity index (χ1) is 8.31. The quantitative estimate of drug-likeness (QED) is 0.758. The highest BCUT2D eigenvalue weighted by Crippen LogP contribution is 2.28. The molecule has 1 aliphatic rings. The zero-order chi connectivity index (χ0) is 12.1. The SMILES string of the molecule is CCN(C)C1CCCCC1=Cc1ccccc1. The second kappa shape index (κ2) is 6.02. The zero-order valence-electron chi connectivity index (χ0n) is 11.0. The molecule has 0 N–H and O–H groups in total. The summed E-state index contributed by atoms with van der Waals surface area (Å²) in [5.41, 5.74) is 2.96. The number of benzene rings is 1. The maximum absolute atomic E-state index is 2.48. The van der Waals surface area contributed by atoms with Crippen LogP contribution < -0.4 is 0 Å². The molecule has 1 aromatic rings. The molecule has 0 aliphatic heterocycles. The van der Waals surface area contributed by atoms with E-state index in [-0.39, 0.29) is 0 Å². The minimum Gasteiger partial charge on any atom is -0.300 e. The first-order valence-corrected chi connectivity index (χ1v) is 6.77. The third-order valence-corrected chi connectivity index (χ3v) is 3.80. The van der Waals surface area contributed by atoms with Crippen molar-refractivity contribution in [2.24, 2.45) is 0 Å². The van der Waals surface area contributed by atoms with Crippen molar-refractivity contribution in [2.75, 3.05) is 13.6 Å². The molecule has 0 heterocycles. The van der Waals surface area contributed by atoms with E-state index in [1.165, 1.54) is 31.2 Å². The van der Waals surface area contributed by atoms with Gasteiger partial charge in [-0.2, -0.15) is 0 Å². The van der Waals surface area contributed by atoms with Crippen LogP contribution in [0.15, 0.2) is 35.9 Å². The summed E-state index contributed by atoms with van der Waals surface area (Å²) in [6.45, 7) is 3.38.